The first-order valence-electron chi connectivity index (χ1n) is 9.50. The van der Waals surface area contributed by atoms with E-state index >= 15 is 0 Å². The fourth-order valence-electron chi connectivity index (χ4n) is 2.86. The van der Waals surface area contributed by atoms with Gasteiger partial charge in [-0.25, -0.2) is 4.98 Å². The third-order valence-electron chi connectivity index (χ3n) is 4.33. The first-order valence-corrected chi connectivity index (χ1v) is 11.4. The molecule has 33 heavy (non-hydrogen) atoms. The number of rotatable bonds is 9. The number of hydrogen-bond donors (Lipinski definition) is 1. The maximum absolute atomic E-state index is 12.6. The van der Waals surface area contributed by atoms with Gasteiger partial charge in [0.15, 0.2) is 10.3 Å². The minimum absolute atomic E-state index is 0.0177. The number of thiazole rings is 1. The molecule has 170 valence electrons. The highest BCUT2D eigenvalue weighted by Crippen LogP contribution is 2.33. The van der Waals surface area contributed by atoms with E-state index in [9.17, 15) is 13.6 Å². The second-order valence-corrected chi connectivity index (χ2v) is 8.23. The van der Waals surface area contributed by atoms with Gasteiger partial charge in [-0.2, -0.15) is 8.78 Å². The number of ether oxygens (including phenoxy) is 2. The average Bonchev–Trinajstić information content (AvgIpc) is 3.47. The van der Waals surface area contributed by atoms with Gasteiger partial charge in [0, 0.05) is 16.6 Å². The Kier molecular flexibility index (Phi) is 7.15. The van der Waals surface area contributed by atoms with Crippen molar-refractivity contribution in [2.45, 2.75) is 11.8 Å². The molecule has 0 unspecified atom stereocenters. The SMILES string of the molecule is COc1ccc(-n2cnnc2SCC(=O)Nc2nc(-c3ccccc3OC(F)F)cs2)cc1. The lowest BCUT2D eigenvalue weighted by atomic mass is 10.1. The molecule has 0 spiro atoms. The maximum Gasteiger partial charge on any atom is 0.387 e. The monoisotopic (exact) mass is 489 g/mol. The van der Waals surface area contributed by atoms with Crippen molar-refractivity contribution in [1.29, 1.82) is 0 Å². The van der Waals surface area contributed by atoms with Crippen molar-refractivity contribution in [1.82, 2.24) is 19.7 Å². The second kappa shape index (κ2) is 10.4. The maximum atomic E-state index is 12.6. The van der Waals surface area contributed by atoms with Crippen LogP contribution in [0.4, 0.5) is 13.9 Å². The van der Waals surface area contributed by atoms with Crippen LogP contribution < -0.4 is 14.8 Å². The number of nitrogens with zero attached hydrogens (tertiary/aromatic N) is 4. The second-order valence-electron chi connectivity index (χ2n) is 6.43. The average molecular weight is 490 g/mol. The predicted molar refractivity (Wildman–Crippen MR) is 121 cm³/mol. The largest absolute Gasteiger partial charge is 0.497 e. The van der Waals surface area contributed by atoms with Crippen molar-refractivity contribution in [2.24, 2.45) is 0 Å². The van der Waals surface area contributed by atoms with E-state index in [4.69, 9.17) is 4.74 Å². The van der Waals surface area contributed by atoms with E-state index in [1.54, 1.807) is 41.6 Å². The van der Waals surface area contributed by atoms with Gasteiger partial charge in [-0.05, 0) is 36.4 Å². The molecule has 0 radical (unpaired) electrons. The standard InChI is InChI=1S/C21H17F2N5O3S2/c1-30-14-8-6-13(7-9-14)28-12-24-27-21(28)33-11-18(29)26-20-25-16(10-32-20)15-4-2-3-5-17(15)31-19(22)23/h2-10,12,19H,11H2,1H3,(H,25,26,29). The Balaban J connectivity index is 1.39. The number of nitrogens with one attached hydrogen (secondary N) is 1. The minimum Gasteiger partial charge on any atom is -0.497 e. The van der Waals surface area contributed by atoms with Crippen LogP contribution >= 0.6 is 23.1 Å². The number of hydrogen-bond acceptors (Lipinski definition) is 8. The molecule has 12 heteroatoms. The summed E-state index contributed by atoms with van der Waals surface area (Å²) in [5.41, 5.74) is 1.67. The quantitative estimate of drug-likeness (QED) is 0.340. The molecule has 8 nitrogen and oxygen atoms in total. The first-order chi connectivity index (χ1) is 16.0. The lowest BCUT2D eigenvalue weighted by Gasteiger charge is -2.08. The van der Waals surface area contributed by atoms with Gasteiger partial charge in [0.05, 0.1) is 18.6 Å². The zero-order valence-corrected chi connectivity index (χ0v) is 18.8. The number of anilines is 1. The molecule has 0 saturated heterocycles. The molecule has 2 heterocycles. The van der Waals surface area contributed by atoms with E-state index in [0.717, 1.165) is 11.4 Å². The van der Waals surface area contributed by atoms with E-state index in [0.29, 0.717) is 21.5 Å². The van der Waals surface area contributed by atoms with Crippen LogP contribution in [-0.4, -0.2) is 45.1 Å². The zero-order valence-electron chi connectivity index (χ0n) is 17.1. The molecule has 1 N–H and O–H groups in total. The number of halogens is 2. The number of thioether (sulfide) groups is 1. The zero-order chi connectivity index (χ0) is 23.2. The topological polar surface area (TPSA) is 91.2 Å². The van der Waals surface area contributed by atoms with Gasteiger partial charge in [0.2, 0.25) is 5.91 Å². The summed E-state index contributed by atoms with van der Waals surface area (Å²) in [7, 11) is 1.59. The van der Waals surface area contributed by atoms with E-state index < -0.39 is 6.61 Å². The van der Waals surface area contributed by atoms with Crippen LogP contribution in [0.2, 0.25) is 0 Å². The number of para-hydroxylation sites is 1. The Bertz CT molecular complexity index is 1230. The highest BCUT2D eigenvalue weighted by Gasteiger charge is 2.15. The van der Waals surface area contributed by atoms with Gasteiger partial charge < -0.3 is 14.8 Å². The Hall–Kier alpha value is -3.51. The van der Waals surface area contributed by atoms with Gasteiger partial charge in [-0.3, -0.25) is 9.36 Å². The summed E-state index contributed by atoms with van der Waals surface area (Å²) in [5.74, 6) is 0.535. The molecule has 0 aliphatic rings. The number of amides is 1. The molecule has 2 aromatic heterocycles. The first kappa shape index (κ1) is 22.7. The Morgan fingerprint density at radius 1 is 1.21 bits per heavy atom. The number of aromatic nitrogens is 4. The fraction of sp³-hybridized carbons (Fsp3) is 0.143. The summed E-state index contributed by atoms with van der Waals surface area (Å²) in [4.78, 5) is 16.8. The van der Waals surface area contributed by atoms with E-state index in [-0.39, 0.29) is 17.4 Å². The summed E-state index contributed by atoms with van der Waals surface area (Å²) >= 11 is 2.40. The van der Waals surface area contributed by atoms with Crippen LogP contribution in [0.1, 0.15) is 0 Å². The van der Waals surface area contributed by atoms with Gasteiger partial charge in [-0.1, -0.05) is 23.9 Å². The van der Waals surface area contributed by atoms with E-state index in [1.165, 1.54) is 29.2 Å². The fourth-order valence-corrected chi connectivity index (χ4v) is 4.32. The number of carbonyl (C=O) groups excluding carboxylic acids is 1. The summed E-state index contributed by atoms with van der Waals surface area (Å²) in [6, 6.07) is 13.7. The van der Waals surface area contributed by atoms with Crippen LogP contribution in [0, 0.1) is 0 Å². The molecule has 0 aliphatic carbocycles. The summed E-state index contributed by atoms with van der Waals surface area (Å²) < 4.78 is 36.8. The molecular weight excluding hydrogens is 472 g/mol. The van der Waals surface area contributed by atoms with Gasteiger partial charge in [0.25, 0.3) is 0 Å². The molecule has 0 bridgehead atoms. The molecule has 4 rings (SSSR count). The molecule has 2 aromatic carbocycles. The van der Waals surface area contributed by atoms with Crippen LogP contribution in [0.25, 0.3) is 16.9 Å². The number of methoxy groups -OCH3 is 1. The number of benzene rings is 2. The molecule has 0 saturated carbocycles. The van der Waals surface area contributed by atoms with Crippen molar-refractivity contribution in [3.05, 3.63) is 60.2 Å². The van der Waals surface area contributed by atoms with E-state index in [1.807, 2.05) is 24.3 Å². The normalized spacial score (nSPS) is 10.9. The van der Waals surface area contributed by atoms with Gasteiger partial charge in [-0.15, -0.1) is 21.5 Å². The van der Waals surface area contributed by atoms with Crippen molar-refractivity contribution in [3.63, 3.8) is 0 Å². The van der Waals surface area contributed by atoms with E-state index in [2.05, 4.69) is 25.2 Å². The third kappa shape index (κ3) is 5.65. The molecule has 0 atom stereocenters. The summed E-state index contributed by atoms with van der Waals surface area (Å²) in [5, 5.41) is 13.3. The van der Waals surface area contributed by atoms with Crippen molar-refractivity contribution in [2.75, 3.05) is 18.2 Å². The lowest BCUT2D eigenvalue weighted by Crippen LogP contribution is -2.14. The van der Waals surface area contributed by atoms with Crippen molar-refractivity contribution in [3.8, 4) is 28.4 Å². The Morgan fingerprint density at radius 3 is 2.76 bits per heavy atom. The van der Waals surface area contributed by atoms with Crippen molar-refractivity contribution >= 4 is 34.1 Å². The van der Waals surface area contributed by atoms with Crippen LogP contribution in [0.5, 0.6) is 11.5 Å². The summed E-state index contributed by atoms with van der Waals surface area (Å²) in [6.07, 6.45) is 1.56. The van der Waals surface area contributed by atoms with Gasteiger partial charge in [0.1, 0.15) is 17.8 Å². The molecule has 1 amide bonds. The minimum atomic E-state index is -2.94. The third-order valence-corrected chi connectivity index (χ3v) is 6.03. The highest BCUT2D eigenvalue weighted by molar-refractivity contribution is 7.99. The lowest BCUT2D eigenvalue weighted by molar-refractivity contribution is -0.113. The van der Waals surface area contributed by atoms with Crippen LogP contribution in [0.15, 0.2) is 65.4 Å². The molecule has 4 aromatic rings. The number of alkyl halides is 2. The number of carbonyl (C=O) groups is 1. The predicted octanol–water partition coefficient (Wildman–Crippen LogP) is 4.73. The smallest absolute Gasteiger partial charge is 0.387 e. The molecular formula is C21H17F2N5O3S2. The molecule has 0 aliphatic heterocycles. The van der Waals surface area contributed by atoms with Crippen molar-refractivity contribution < 1.29 is 23.0 Å². The van der Waals surface area contributed by atoms with Crippen LogP contribution in [0.3, 0.4) is 0 Å². The summed E-state index contributed by atoms with van der Waals surface area (Å²) in [6.45, 7) is -2.94. The Morgan fingerprint density at radius 2 is 2.00 bits per heavy atom. The Labute approximate surface area is 195 Å². The van der Waals surface area contributed by atoms with Crippen LogP contribution in [-0.2, 0) is 4.79 Å². The highest BCUT2D eigenvalue weighted by atomic mass is 32.2. The van der Waals surface area contributed by atoms with Gasteiger partial charge >= 0.3 is 6.61 Å². The molecule has 0 fully saturated rings.